The van der Waals surface area contributed by atoms with Crippen molar-refractivity contribution in [3.05, 3.63) is 41.5 Å². The van der Waals surface area contributed by atoms with Gasteiger partial charge in [-0.05, 0) is 136 Å². The fourth-order valence-corrected chi connectivity index (χ4v) is 19.3. The Labute approximate surface area is 589 Å². The van der Waals surface area contributed by atoms with Gasteiger partial charge in [-0.25, -0.2) is 4.79 Å². The summed E-state index contributed by atoms with van der Waals surface area (Å²) in [5, 5.41) is 178. The molecule has 0 aromatic heterocycles. The molecule has 5 saturated heterocycles. The van der Waals surface area contributed by atoms with Crippen molar-refractivity contribution in [2.24, 2.45) is 50.2 Å². The average Bonchev–Trinajstić information content (AvgIpc) is 0.669. The van der Waals surface area contributed by atoms with Gasteiger partial charge in [-0.15, -0.1) is 0 Å². The molecular weight excluding hydrogens is 1350 g/mol. The largest absolute Gasteiger partial charge is 0.493 e. The second kappa shape index (κ2) is 30.1. The van der Waals surface area contributed by atoms with Gasteiger partial charge in [-0.3, -0.25) is 9.59 Å². The van der Waals surface area contributed by atoms with Gasteiger partial charge in [0.25, 0.3) is 0 Å². The fourth-order valence-electron chi connectivity index (χ4n) is 19.3. The molecule has 576 valence electrons. The van der Waals surface area contributed by atoms with Gasteiger partial charge >= 0.3 is 17.9 Å². The van der Waals surface area contributed by atoms with Crippen LogP contribution < -0.4 is 9.47 Å². The average molecular weight is 1460 g/mol. The quantitative estimate of drug-likeness (QED) is 0.0302. The lowest BCUT2D eigenvalue weighted by Gasteiger charge is -2.71. The third kappa shape index (κ3) is 13.6. The van der Waals surface area contributed by atoms with Gasteiger partial charge < -0.3 is 143 Å². The van der Waals surface area contributed by atoms with Crippen LogP contribution in [0.5, 0.6) is 11.5 Å². The normalized spacial score (nSPS) is 48.6. The summed E-state index contributed by atoms with van der Waals surface area (Å²) in [4.78, 5) is 44.6. The molecule has 102 heavy (non-hydrogen) atoms. The summed E-state index contributed by atoms with van der Waals surface area (Å²) >= 11 is 0. The third-order valence-corrected chi connectivity index (χ3v) is 25.1. The summed E-state index contributed by atoms with van der Waals surface area (Å²) in [6.45, 7) is 9.87. The van der Waals surface area contributed by atoms with Gasteiger partial charge in [-0.2, -0.15) is 0 Å². The number of fused-ring (bicyclic) bond motifs is 7. The van der Waals surface area contributed by atoms with Gasteiger partial charge in [0.1, 0.15) is 97.7 Å². The Balaban J connectivity index is 0.946. The summed E-state index contributed by atoms with van der Waals surface area (Å²) in [6, 6.07) is 4.80. The number of carboxylic acids is 1. The molecule has 5 aliphatic carbocycles. The maximum absolute atomic E-state index is 16.3. The van der Waals surface area contributed by atoms with Crippen molar-refractivity contribution >= 4 is 24.0 Å². The highest BCUT2D eigenvalue weighted by atomic mass is 16.8. The van der Waals surface area contributed by atoms with Crippen LogP contribution >= 0.6 is 0 Å². The molecule has 0 spiro atoms. The second-order valence-corrected chi connectivity index (χ2v) is 31.3. The molecule has 34 atom stereocenters. The van der Waals surface area contributed by atoms with E-state index in [1.54, 1.807) is 18.2 Å². The molecule has 11 rings (SSSR count). The highest BCUT2D eigenvalue weighted by Gasteiger charge is 2.74. The number of allylic oxidation sites excluding steroid dienone is 1. The Hall–Kier alpha value is -4.25. The van der Waals surface area contributed by atoms with Crippen LogP contribution in [-0.2, 0) is 66.5 Å². The number of benzene rings is 1. The Bertz CT molecular complexity index is 3190. The van der Waals surface area contributed by atoms with Gasteiger partial charge in [-0.1, -0.05) is 45.4 Å². The zero-order valence-electron chi connectivity index (χ0n) is 58.6. The summed E-state index contributed by atoms with van der Waals surface area (Å²) in [5.41, 5.74) is -5.43. The van der Waals surface area contributed by atoms with Crippen molar-refractivity contribution in [2.45, 2.75) is 266 Å². The minimum absolute atomic E-state index is 0.0218. The first-order valence-corrected chi connectivity index (χ1v) is 35.2. The van der Waals surface area contributed by atoms with Crippen LogP contribution in [0.3, 0.4) is 0 Å². The molecule has 16 N–H and O–H groups in total. The molecular formula is C70H104O32. The lowest BCUT2D eigenvalue weighted by molar-refractivity contribution is -0.391. The number of aliphatic hydroxyl groups is 15. The zero-order chi connectivity index (χ0) is 74.4. The molecule has 5 aliphatic heterocycles. The minimum Gasteiger partial charge on any atom is -0.493 e. The topological polar surface area (TPSA) is 495 Å². The first-order chi connectivity index (χ1) is 48.0. The molecule has 0 unspecified atom stereocenters. The lowest BCUT2D eigenvalue weighted by atomic mass is 9.33. The van der Waals surface area contributed by atoms with E-state index < -0.39 is 254 Å². The van der Waals surface area contributed by atoms with E-state index in [4.69, 9.17) is 61.6 Å². The molecule has 0 bridgehead atoms. The lowest BCUT2D eigenvalue weighted by Crippen LogP contribution is -2.71. The number of ether oxygens (including phenoxy) is 13. The highest BCUT2D eigenvalue weighted by Crippen LogP contribution is 2.76. The fraction of sp³-hybridized carbons (Fsp3) is 0.814. The molecule has 0 radical (unpaired) electrons. The summed E-state index contributed by atoms with van der Waals surface area (Å²) < 4.78 is 78.9. The number of methoxy groups -OCH3 is 2. The molecule has 9 fully saturated rings. The standard InChI is InChI=1S/C70H104O32/c1-29-53(98-58-49(83)43(77)35(75)27-92-58)48(82)52(86)59(93-29)100-56-55(99-60-50(84)46(80)44(78)38(25-71)95-60)54(97-42(76)15-11-31-10-13-36(90-8)37(22-31)91-9)30(2)94-62(56)102-64(89)69-19-18-65(3,4)23-33(69)32-12-14-40-66(5)24-34(74)57(101-61-51(85)47(81)45(79)39(26-72)96-61)68(7,63(87)88)41(66)16-17-67(40,6)70(32,28-73)21-20-69/h10-13,15,22,29-30,33-35,38-41,43-62,71-75,77-86H,14,16-21,23-28H2,1-9H3,(H,87,88)/t29-,30+,33-,34-,35+,38+,39+,40+,41+,43-,44+,45+,46-,47-,48-,49+,50+,51+,52+,53-,54-,55-,56+,57-,58-,59-,60-,61-,62-,66+,67+,68-,69-,70-/m0/s1. The van der Waals surface area contributed by atoms with Crippen molar-refractivity contribution in [2.75, 3.05) is 40.6 Å². The van der Waals surface area contributed by atoms with Gasteiger partial charge in [0, 0.05) is 11.5 Å². The molecule has 1 aromatic rings. The summed E-state index contributed by atoms with van der Waals surface area (Å²) in [7, 11) is 2.87. The zero-order valence-corrected chi connectivity index (χ0v) is 58.6. The van der Waals surface area contributed by atoms with E-state index in [1.165, 1.54) is 41.1 Å². The predicted octanol–water partition coefficient (Wildman–Crippen LogP) is -2.23. The van der Waals surface area contributed by atoms with Crippen LogP contribution in [0.4, 0.5) is 0 Å². The smallest absolute Gasteiger partial charge is 0.331 e. The maximum Gasteiger partial charge on any atom is 0.331 e. The third-order valence-electron chi connectivity index (χ3n) is 25.1. The summed E-state index contributed by atoms with van der Waals surface area (Å²) in [5.74, 6) is -4.28. The van der Waals surface area contributed by atoms with Crippen LogP contribution in [0.25, 0.3) is 6.08 Å². The first kappa shape index (κ1) is 78.8. The molecule has 4 saturated carbocycles. The second-order valence-electron chi connectivity index (χ2n) is 31.3. The predicted molar refractivity (Wildman–Crippen MR) is 344 cm³/mol. The van der Waals surface area contributed by atoms with Crippen LogP contribution in [0.15, 0.2) is 35.9 Å². The number of aliphatic hydroxyl groups excluding tert-OH is 15. The summed E-state index contributed by atoms with van der Waals surface area (Å²) in [6.07, 6.45) is -39.2. The number of carbonyl (C=O) groups is 3. The van der Waals surface area contributed by atoms with E-state index in [9.17, 15) is 91.3 Å². The monoisotopic (exact) mass is 1460 g/mol. The van der Waals surface area contributed by atoms with E-state index in [2.05, 4.69) is 20.8 Å². The Kier molecular flexibility index (Phi) is 23.2. The number of rotatable bonds is 19. The highest BCUT2D eigenvalue weighted by molar-refractivity contribution is 5.87. The van der Waals surface area contributed by atoms with Crippen LogP contribution in [0, 0.1) is 50.2 Å². The molecule has 0 amide bonds. The van der Waals surface area contributed by atoms with Crippen molar-refractivity contribution in [1.82, 2.24) is 0 Å². The number of hydrogen-bond donors (Lipinski definition) is 16. The number of carboxylic acid groups (broad SMARTS) is 1. The number of carbonyl (C=O) groups excluding carboxylic acids is 2. The minimum atomic E-state index is -2.13. The first-order valence-electron chi connectivity index (χ1n) is 35.2. The van der Waals surface area contributed by atoms with E-state index in [1.807, 2.05) is 13.0 Å². The van der Waals surface area contributed by atoms with E-state index in [0.29, 0.717) is 42.7 Å². The number of aliphatic carboxylic acids is 1. The van der Waals surface area contributed by atoms with Crippen molar-refractivity contribution in [1.29, 1.82) is 0 Å². The number of hydrogen-bond acceptors (Lipinski definition) is 31. The van der Waals surface area contributed by atoms with Crippen LogP contribution in [0.1, 0.15) is 112 Å². The van der Waals surface area contributed by atoms with Crippen LogP contribution in [0.2, 0.25) is 0 Å². The molecule has 5 heterocycles. The molecule has 32 heteroatoms. The Morgan fingerprint density at radius 1 is 0.569 bits per heavy atom. The van der Waals surface area contributed by atoms with E-state index in [0.717, 1.165) is 11.6 Å². The van der Waals surface area contributed by atoms with Crippen molar-refractivity contribution < 1.29 is 158 Å². The van der Waals surface area contributed by atoms with E-state index in [-0.39, 0.29) is 32.1 Å². The number of esters is 2. The Morgan fingerprint density at radius 3 is 1.75 bits per heavy atom. The van der Waals surface area contributed by atoms with Crippen molar-refractivity contribution in [3.63, 3.8) is 0 Å². The van der Waals surface area contributed by atoms with Crippen LogP contribution in [-0.4, -0.2) is 300 Å². The van der Waals surface area contributed by atoms with E-state index >= 15 is 4.79 Å². The molecule has 1 aromatic carbocycles. The van der Waals surface area contributed by atoms with Crippen molar-refractivity contribution in [3.8, 4) is 11.5 Å². The molecule has 32 nitrogen and oxygen atoms in total. The maximum atomic E-state index is 16.3. The van der Waals surface area contributed by atoms with Gasteiger partial charge in [0.05, 0.1) is 69.8 Å². The van der Waals surface area contributed by atoms with Gasteiger partial charge in [0.2, 0.25) is 6.29 Å². The Morgan fingerprint density at radius 2 is 1.14 bits per heavy atom. The molecule has 10 aliphatic rings. The van der Waals surface area contributed by atoms with Gasteiger partial charge in [0.15, 0.2) is 48.9 Å². The SMILES string of the molecule is COc1ccc(C=CC(=O)O[C@@H]2[C@H](O[C@@H]3O[C@H](CO)[C@@H](O)[C@H](O)[C@H]3O)[C@@H](O[C@@H]3O[C@@H](C)[C@H](O[C@@H]4OC[C@@H](O)[C@H](O)[C@H]4O)[C@@H](O)[C@H]3O)[C@H](OC(=O)[C@]34CCC(C)(C)C[C@H]3C3=CC[C@@H]5[C@@]6(C)C[C@H](O)[C@H](O[C@@H]7O[C@H](CO)[C@@H](O)[C@H](O)[C@H]7O)[C@@](C)(C(=O)O)[C@@H]6CC[C@@]5(C)[C@]3(CO)CC4)O[C@@H]2C)cc1OC.